The summed E-state index contributed by atoms with van der Waals surface area (Å²) in [5, 5.41) is 13.0. The minimum atomic E-state index is -1.34. The number of Topliss-reactive ketones (excluding diaryl/α,β-unsaturated/α-hetero) is 2. The lowest BCUT2D eigenvalue weighted by Gasteiger charge is -2.18. The third kappa shape index (κ3) is 9.64. The Morgan fingerprint density at radius 1 is 0.673 bits per heavy atom. The largest absolute Gasteiger partial charge is 0.363 e. The molecule has 276 valence electrons. The van der Waals surface area contributed by atoms with Crippen LogP contribution in [0.4, 0.5) is 5.69 Å². The Morgan fingerprint density at radius 2 is 1.35 bits per heavy atom. The van der Waals surface area contributed by atoms with E-state index in [9.17, 15) is 28.8 Å². The maximum absolute atomic E-state index is 13.7. The van der Waals surface area contributed by atoms with Gasteiger partial charge in [0.2, 0.25) is 11.6 Å². The highest BCUT2D eigenvalue weighted by Gasteiger charge is 2.30. The van der Waals surface area contributed by atoms with E-state index in [1.165, 1.54) is 23.5 Å². The van der Waals surface area contributed by atoms with Gasteiger partial charge in [0.1, 0.15) is 6.04 Å². The maximum Gasteiger partial charge on any atom is 0.293 e. The molecule has 4 aromatic heterocycles. The Bertz CT molecular complexity index is 2330. The molecule has 0 aliphatic rings. The number of aromatic nitrogens is 3. The SMILES string of the molecule is NC(=O)C(=O)C(Cc1cccc(NC(=O)C(=O)C(CCc2ccccc2)NC(=O)c2nscc2-c2ccccn2)c1)NC(=O)c1cscc1-c1ccccn1. The first-order valence-electron chi connectivity index (χ1n) is 16.9. The van der Waals surface area contributed by atoms with Crippen molar-refractivity contribution in [3.05, 3.63) is 142 Å². The van der Waals surface area contributed by atoms with Gasteiger partial charge in [-0.05, 0) is 71.9 Å². The van der Waals surface area contributed by atoms with Crippen molar-refractivity contribution < 1.29 is 28.8 Å². The predicted octanol–water partition coefficient (Wildman–Crippen LogP) is 4.66. The zero-order chi connectivity index (χ0) is 38.7. The number of carbonyl (C=O) groups is 6. The summed E-state index contributed by atoms with van der Waals surface area (Å²) in [5.41, 5.74) is 9.39. The maximum atomic E-state index is 13.7. The Kier molecular flexibility index (Phi) is 12.4. The van der Waals surface area contributed by atoms with E-state index in [-0.39, 0.29) is 29.8 Å². The molecule has 0 aliphatic heterocycles. The smallest absolute Gasteiger partial charge is 0.293 e. The number of benzene rings is 2. The standard InChI is InChI=1S/C40H33N7O6S2/c41-37(50)35(48)33(46-38(51)28-22-54-21-27(28)30-13-4-6-17-42-30)20-25-11-8-12-26(19-25)44-40(53)36(49)32(16-15-24-9-2-1-3-10-24)45-39(52)34-29(23-55-47-34)31-14-5-7-18-43-31/h1-14,17-19,21-23,32-33H,15-16,20H2,(H2,41,50)(H,44,53)(H,45,52)(H,46,51). The molecule has 0 aliphatic carbocycles. The highest BCUT2D eigenvalue weighted by atomic mass is 32.1. The van der Waals surface area contributed by atoms with Crippen molar-refractivity contribution in [3.63, 3.8) is 0 Å². The van der Waals surface area contributed by atoms with Crippen molar-refractivity contribution >= 4 is 63.8 Å². The first-order chi connectivity index (χ1) is 26.7. The lowest BCUT2D eigenvalue weighted by atomic mass is 10.00. The van der Waals surface area contributed by atoms with Crippen molar-refractivity contribution in [1.82, 2.24) is 25.0 Å². The lowest BCUT2D eigenvalue weighted by Crippen LogP contribution is -2.47. The minimum Gasteiger partial charge on any atom is -0.363 e. The van der Waals surface area contributed by atoms with E-state index in [0.717, 1.165) is 17.1 Å². The summed E-state index contributed by atoms with van der Waals surface area (Å²) in [6.07, 6.45) is 3.54. The van der Waals surface area contributed by atoms with Crippen LogP contribution in [-0.2, 0) is 32.0 Å². The predicted molar refractivity (Wildman–Crippen MR) is 208 cm³/mol. The van der Waals surface area contributed by atoms with Gasteiger partial charge in [-0.3, -0.25) is 38.7 Å². The molecule has 0 saturated heterocycles. The monoisotopic (exact) mass is 771 g/mol. The molecule has 13 nitrogen and oxygen atoms in total. The second-order valence-electron chi connectivity index (χ2n) is 12.2. The summed E-state index contributed by atoms with van der Waals surface area (Å²) < 4.78 is 4.24. The Labute approximate surface area is 323 Å². The van der Waals surface area contributed by atoms with Gasteiger partial charge in [0, 0.05) is 51.8 Å². The number of anilines is 1. The molecular weight excluding hydrogens is 739 g/mol. The molecule has 0 spiro atoms. The molecule has 2 atom stereocenters. The fourth-order valence-electron chi connectivity index (χ4n) is 5.73. The van der Waals surface area contributed by atoms with Gasteiger partial charge in [-0.2, -0.15) is 15.7 Å². The number of amides is 4. The molecule has 0 radical (unpaired) electrons. The highest BCUT2D eigenvalue weighted by molar-refractivity contribution is 7.08. The number of thiophene rings is 1. The third-order valence-corrected chi connectivity index (χ3v) is 9.85. The number of ketones is 2. The lowest BCUT2D eigenvalue weighted by molar-refractivity contribution is -0.137. The molecule has 0 fully saturated rings. The molecule has 2 unspecified atom stereocenters. The third-order valence-electron chi connectivity index (χ3n) is 8.47. The Morgan fingerprint density at radius 3 is 2.04 bits per heavy atom. The summed E-state index contributed by atoms with van der Waals surface area (Å²) in [6.45, 7) is 0. The summed E-state index contributed by atoms with van der Waals surface area (Å²) in [5.74, 6) is -5.37. The average molecular weight is 772 g/mol. The molecule has 6 rings (SSSR count). The zero-order valence-electron chi connectivity index (χ0n) is 29.0. The van der Waals surface area contributed by atoms with Gasteiger partial charge in [-0.15, -0.1) is 0 Å². The summed E-state index contributed by atoms with van der Waals surface area (Å²) in [7, 11) is 0. The minimum absolute atomic E-state index is 0.0772. The number of pyridine rings is 2. The van der Waals surface area contributed by atoms with E-state index < -0.39 is 47.3 Å². The molecule has 4 heterocycles. The van der Waals surface area contributed by atoms with E-state index in [2.05, 4.69) is 30.3 Å². The number of nitrogens with zero attached hydrogens (tertiary/aromatic N) is 3. The van der Waals surface area contributed by atoms with Crippen LogP contribution in [0.2, 0.25) is 0 Å². The number of rotatable bonds is 16. The van der Waals surface area contributed by atoms with Gasteiger partial charge in [-0.25, -0.2) is 0 Å². The molecule has 15 heteroatoms. The average Bonchev–Trinajstić information content (AvgIpc) is 3.91. The van der Waals surface area contributed by atoms with Crippen LogP contribution in [0.3, 0.4) is 0 Å². The first kappa shape index (κ1) is 38.0. The summed E-state index contributed by atoms with van der Waals surface area (Å²) in [4.78, 5) is 87.6. The van der Waals surface area contributed by atoms with Crippen LogP contribution in [0.15, 0.2) is 120 Å². The van der Waals surface area contributed by atoms with Crippen LogP contribution < -0.4 is 21.7 Å². The van der Waals surface area contributed by atoms with Gasteiger partial charge >= 0.3 is 0 Å². The van der Waals surface area contributed by atoms with Gasteiger partial charge in [-0.1, -0.05) is 54.6 Å². The Balaban J connectivity index is 1.17. The summed E-state index contributed by atoms with van der Waals surface area (Å²) >= 11 is 2.34. The van der Waals surface area contributed by atoms with E-state index >= 15 is 0 Å². The second-order valence-corrected chi connectivity index (χ2v) is 13.6. The van der Waals surface area contributed by atoms with Gasteiger partial charge in [0.25, 0.3) is 23.6 Å². The fourth-order valence-corrected chi connectivity index (χ4v) is 7.23. The van der Waals surface area contributed by atoms with Crippen molar-refractivity contribution in [1.29, 1.82) is 0 Å². The molecule has 6 aromatic rings. The van der Waals surface area contributed by atoms with Crippen molar-refractivity contribution in [2.24, 2.45) is 5.73 Å². The molecule has 0 bridgehead atoms. The van der Waals surface area contributed by atoms with E-state index in [0.29, 0.717) is 34.5 Å². The second kappa shape index (κ2) is 17.9. The van der Waals surface area contributed by atoms with Crippen molar-refractivity contribution in [3.8, 4) is 22.5 Å². The Hall–Kier alpha value is -6.71. The van der Waals surface area contributed by atoms with Gasteiger partial charge < -0.3 is 21.7 Å². The number of nitrogens with one attached hydrogen (secondary N) is 3. The summed E-state index contributed by atoms with van der Waals surface area (Å²) in [6, 6.07) is 23.6. The van der Waals surface area contributed by atoms with Crippen LogP contribution in [-0.4, -0.2) is 61.6 Å². The molecular formula is C40H33N7O6S2. The molecule has 0 saturated carbocycles. The van der Waals surface area contributed by atoms with Crippen LogP contribution in [0, 0.1) is 0 Å². The van der Waals surface area contributed by atoms with E-state index in [4.69, 9.17) is 5.73 Å². The quantitative estimate of drug-likeness (QED) is 0.101. The molecule has 2 aromatic carbocycles. The van der Waals surface area contributed by atoms with Crippen LogP contribution in [0.25, 0.3) is 22.5 Å². The number of carbonyl (C=O) groups excluding carboxylic acids is 6. The number of nitrogens with two attached hydrogens (primary N) is 1. The highest BCUT2D eigenvalue weighted by Crippen LogP contribution is 2.26. The van der Waals surface area contributed by atoms with Crippen molar-refractivity contribution in [2.45, 2.75) is 31.3 Å². The number of hydrogen-bond donors (Lipinski definition) is 4. The fraction of sp³-hybridized carbons (Fsp3) is 0.125. The van der Waals surface area contributed by atoms with E-state index in [1.54, 1.807) is 77.1 Å². The van der Waals surface area contributed by atoms with Crippen LogP contribution in [0.1, 0.15) is 38.4 Å². The van der Waals surface area contributed by atoms with Crippen LogP contribution in [0.5, 0.6) is 0 Å². The van der Waals surface area contributed by atoms with Gasteiger partial charge in [0.05, 0.1) is 23.0 Å². The molecule has 4 amide bonds. The topological polar surface area (TPSA) is 203 Å². The number of hydrogen-bond acceptors (Lipinski definition) is 11. The molecule has 55 heavy (non-hydrogen) atoms. The van der Waals surface area contributed by atoms with Gasteiger partial charge in [0.15, 0.2) is 5.69 Å². The van der Waals surface area contributed by atoms with Crippen molar-refractivity contribution in [2.75, 3.05) is 5.32 Å². The van der Waals surface area contributed by atoms with Crippen LogP contribution >= 0.6 is 22.9 Å². The zero-order valence-corrected chi connectivity index (χ0v) is 30.6. The normalized spacial score (nSPS) is 11.9. The number of aryl methyl sites for hydroxylation is 1. The van der Waals surface area contributed by atoms with E-state index in [1.807, 2.05) is 30.3 Å². The first-order valence-corrected chi connectivity index (χ1v) is 18.7. The number of primary amides is 1. The molecule has 5 N–H and O–H groups in total.